The zero-order valence-corrected chi connectivity index (χ0v) is 76.7. The van der Waals surface area contributed by atoms with Gasteiger partial charge in [0.1, 0.15) is 32.3 Å². The van der Waals surface area contributed by atoms with Gasteiger partial charge in [0.25, 0.3) is 5.91 Å². The molecule has 0 unspecified atom stereocenters. The molecule has 124 heavy (non-hydrogen) atoms. The van der Waals surface area contributed by atoms with Crippen molar-refractivity contribution < 1.29 is 58.0 Å². The molecule has 10 aromatic rings. The number of aromatic nitrogens is 6. The second kappa shape index (κ2) is 72.3. The Kier molecular flexibility index (Phi) is 76.8. The molecule has 0 saturated heterocycles. The normalized spacial score (nSPS) is 10.6. The molecule has 9 N–H and O–H groups in total. The number of Topliss-reactive ketones (excluding diaryl/α,β-unsaturated/α-hetero) is 3. The maximum absolute atomic E-state index is 12.9. The van der Waals surface area contributed by atoms with E-state index >= 15 is 0 Å². The molecule has 4 atom stereocenters. The molecule has 0 aliphatic rings. The summed E-state index contributed by atoms with van der Waals surface area (Å²) in [6.07, 6.45) is 15.6. The van der Waals surface area contributed by atoms with Gasteiger partial charge < -0.3 is 47.1 Å². The Labute approximate surface area is 799 Å². The number of aliphatic carboxylic acids is 1. The average Bonchev–Trinajstić information content (AvgIpc) is 1.72. The summed E-state index contributed by atoms with van der Waals surface area (Å²) in [5.41, 5.74) is 18.7. The van der Waals surface area contributed by atoms with Crippen LogP contribution in [-0.2, 0) is 47.9 Å². The number of ether oxygens (including phenoxy) is 2. The van der Waals surface area contributed by atoms with Crippen molar-refractivity contribution in [1.82, 2.24) is 45.9 Å². The third-order valence-electron chi connectivity index (χ3n) is 14.9. The Morgan fingerprint density at radius 1 is 0.403 bits per heavy atom. The van der Waals surface area contributed by atoms with E-state index in [4.69, 9.17) is 31.2 Å². The van der Waals surface area contributed by atoms with E-state index in [0.29, 0.717) is 42.1 Å². The fourth-order valence-corrected chi connectivity index (χ4v) is 14.3. The number of carbonyl (C=O) groups excluding carboxylic acids is 6. The van der Waals surface area contributed by atoms with Gasteiger partial charge in [0, 0.05) is 68.6 Å². The van der Waals surface area contributed by atoms with E-state index in [1.54, 1.807) is 101 Å². The molecule has 10 rings (SSSR count). The zero-order chi connectivity index (χ0) is 81.9. The Hall–Kier alpha value is -7.78. The number of ketones is 3. The fourth-order valence-electron chi connectivity index (χ4n) is 9.38. The molecular weight excluding hydrogens is 1800 g/mol. The summed E-state index contributed by atoms with van der Waals surface area (Å²) in [5.74, 6) is 0.889. The van der Waals surface area contributed by atoms with Crippen molar-refractivity contribution in [3.05, 3.63) is 218 Å². The number of rotatable bonds is 31. The van der Waals surface area contributed by atoms with Gasteiger partial charge in [-0.25, -0.2) is 39.1 Å². The number of thioether (sulfide) groups is 4. The van der Waals surface area contributed by atoms with Crippen molar-refractivity contribution >= 4 is 199 Å². The number of anilines is 1. The van der Waals surface area contributed by atoms with Gasteiger partial charge in [-0.05, 0) is 140 Å². The van der Waals surface area contributed by atoms with Crippen LogP contribution in [0.2, 0.25) is 0 Å². The highest BCUT2D eigenvalue weighted by atomic mass is 32.2. The molecule has 4 aromatic carbocycles. The van der Waals surface area contributed by atoms with Crippen LogP contribution in [0.15, 0.2) is 192 Å². The van der Waals surface area contributed by atoms with Gasteiger partial charge in [-0.3, -0.25) is 29.1 Å². The first kappa shape index (κ1) is 132. The number of alkyl carbamates (subject to hydrolysis) is 2. The number of benzene rings is 4. The molecule has 0 radical (unpaired) electrons. The number of carboxylic acids is 2. The number of aromatic carboxylic acids is 1. The minimum absolute atomic E-state index is 0. The number of nitrogens with zero attached hydrogens (tertiary/aromatic N) is 6. The maximum Gasteiger partial charge on any atom is 0.408 e. The number of hydrogen-bond donors (Lipinski definition) is 7. The fraction of sp³-hybridized carbons (Fsp3) is 0.393. The topological polar surface area (TPSA) is 361 Å². The van der Waals surface area contributed by atoms with E-state index in [-0.39, 0.29) is 161 Å². The number of nitrogens with one attached hydrogen (secondary N) is 3. The minimum atomic E-state index is -1.04. The van der Waals surface area contributed by atoms with Crippen molar-refractivity contribution in [2.24, 2.45) is 5.73 Å². The van der Waals surface area contributed by atoms with E-state index in [9.17, 15) is 38.4 Å². The summed E-state index contributed by atoms with van der Waals surface area (Å²) >= 11 is 12.4. The summed E-state index contributed by atoms with van der Waals surface area (Å²) in [5, 5.41) is 36.0. The third-order valence-corrected chi connectivity index (χ3v) is 20.7. The van der Waals surface area contributed by atoms with Gasteiger partial charge in [-0.1, -0.05) is 181 Å². The molecule has 0 saturated carbocycles. The molecule has 0 aliphatic carbocycles. The number of thiazole rings is 4. The van der Waals surface area contributed by atoms with Crippen molar-refractivity contribution in [3.63, 3.8) is 0 Å². The monoisotopic (exact) mass is 1940 g/mol. The van der Waals surface area contributed by atoms with Gasteiger partial charge in [-0.15, -0.1) is 45.3 Å². The first-order valence-electron chi connectivity index (χ1n) is 35.2. The highest BCUT2D eigenvalue weighted by Gasteiger charge is 2.27. The number of amides is 3. The van der Waals surface area contributed by atoms with E-state index in [2.05, 4.69) is 45.9 Å². The highest BCUT2D eigenvalue weighted by molar-refractivity contribution is 7.99. The summed E-state index contributed by atoms with van der Waals surface area (Å²) in [6.45, 7) is 10.6. The van der Waals surface area contributed by atoms with Gasteiger partial charge in [-0.2, -0.15) is 101 Å². The van der Waals surface area contributed by atoms with Crippen LogP contribution in [-0.4, -0.2) is 171 Å². The second-order valence-corrected chi connectivity index (χ2v) is 33.8. The molecule has 23 nitrogen and oxygen atoms in total. The van der Waals surface area contributed by atoms with Crippen molar-refractivity contribution in [2.75, 3.05) is 53.8 Å². The molecule has 35 heteroatoms. The van der Waals surface area contributed by atoms with Gasteiger partial charge in [0.2, 0.25) is 0 Å². The van der Waals surface area contributed by atoms with Crippen LogP contribution in [0.25, 0.3) is 45.0 Å². The van der Waals surface area contributed by atoms with Crippen LogP contribution in [0.1, 0.15) is 162 Å². The number of hydrogen-bond acceptors (Lipinski definition) is 26. The van der Waals surface area contributed by atoms with Crippen molar-refractivity contribution in [1.29, 1.82) is 0 Å². The van der Waals surface area contributed by atoms with Crippen LogP contribution < -0.4 is 27.4 Å². The molecule has 0 bridgehead atoms. The van der Waals surface area contributed by atoms with Crippen LogP contribution >= 0.6 is 146 Å². The van der Waals surface area contributed by atoms with E-state index < -0.39 is 53.5 Å². The molecule has 0 aliphatic heterocycles. The second-order valence-electron chi connectivity index (χ2n) is 26.1. The lowest BCUT2D eigenvalue weighted by atomic mass is 10.1. The largest absolute Gasteiger partial charge is 0.480 e. The summed E-state index contributed by atoms with van der Waals surface area (Å²) < 4.78 is 10.3. The number of pyridine rings is 2. The van der Waals surface area contributed by atoms with Crippen LogP contribution in [0.3, 0.4) is 0 Å². The molecule has 3 amide bonds. The van der Waals surface area contributed by atoms with Gasteiger partial charge >= 0.3 is 24.1 Å². The first-order valence-corrected chi connectivity index (χ1v) is 44.3. The Morgan fingerprint density at radius 2 is 0.702 bits per heavy atom. The third kappa shape index (κ3) is 53.0. The lowest BCUT2D eigenvalue weighted by Crippen LogP contribution is -2.44. The predicted molar refractivity (Wildman–Crippen MR) is 557 cm³/mol. The van der Waals surface area contributed by atoms with Crippen LogP contribution in [0, 0.1) is 0 Å². The molecule has 0 spiro atoms. The van der Waals surface area contributed by atoms with Crippen molar-refractivity contribution in [2.45, 2.75) is 181 Å². The standard InChI is InChI=1S/C21H21N3O2S2.C20H26N2O3S2.C15H18N2OS2.C10H19NO4S.C9H8N2S.C6H5NO2.8CH4.4H2S/c1-27-11-9-17(24-21(26)16-8-5-10-22-13-16)19(25)12-20-23-18(14-28-20)15-6-3-2-4-7-15;1-20(2,3)25-19(24)22-15(10-11-26-4)17(23)12-18-21-16(13-27-18)14-8-6-5-7-9-14;1-19-8-7-12(16)14(18)9-15-17-13(10-20-15)11-5-3-2-4-6-11;1-10(2,3)15-9(14)11-7(8(12)13)5-6-16-4;10-9-11-8(6-12-9)7-4-2-1-3-5-7;8-6(9)5-2-1-3-7-4-5;;;;;;;;;;;;/h2-8,10,13-14,17H,9,11-12H2,1H3,(H,24,26);5-9,13,15H,10-12H2,1-4H3,(H,22,24);2-6,10,12H,7-9,16H2,1H3;7H,5-6H2,1-4H3,(H,11,14)(H,12,13);1-6H,(H2,10,11);1-4H,(H,8,9);8*1H4;4*1H2/t17-;15-;12-;7-;;;;;;;;;;;;;;/m0000............../s1. The molecular formula is C89H137N11O12S12. The van der Waals surface area contributed by atoms with Gasteiger partial charge in [0.15, 0.2) is 22.5 Å². The number of carboxylic acid groups (broad SMARTS) is 2. The first-order chi connectivity index (χ1) is 53.6. The summed E-state index contributed by atoms with van der Waals surface area (Å²) in [7, 11) is 0. The summed E-state index contributed by atoms with van der Waals surface area (Å²) in [4.78, 5) is 120. The zero-order valence-electron chi connectivity index (χ0n) is 66.1. The number of nitrogens with two attached hydrogens (primary N) is 2. The highest BCUT2D eigenvalue weighted by Crippen LogP contribution is 2.27. The lowest BCUT2D eigenvalue weighted by molar-refractivity contribution is -0.139. The predicted octanol–water partition coefficient (Wildman–Crippen LogP) is 21.9. The van der Waals surface area contributed by atoms with Crippen LogP contribution in [0.4, 0.5) is 14.7 Å². The Balaban J connectivity index is -0.000000220. The Morgan fingerprint density at radius 3 is 0.992 bits per heavy atom. The van der Waals surface area contributed by atoms with Crippen molar-refractivity contribution in [3.8, 4) is 45.0 Å². The van der Waals surface area contributed by atoms with E-state index in [0.717, 1.165) is 83.7 Å². The number of nitrogen functional groups attached to an aromatic ring is 1. The molecule has 692 valence electrons. The average molecular weight is 1940 g/mol. The lowest BCUT2D eigenvalue weighted by Gasteiger charge is -2.23. The SMILES string of the molecule is C.C.C.C.C.C.C.C.CSCC[C@H](N)C(=O)Cc1nc(-c2ccccc2)cs1.CSCC[C@H](NC(=O)OC(C)(C)C)C(=O)Cc1nc(-c2ccccc2)cs1.CSCC[C@H](NC(=O)OC(C)(C)C)C(=O)O.CSCC[C@H](NC(=O)c1cccnc1)C(=O)Cc1nc(-c2ccccc2)cs1.Nc1nc(-c2ccccc2)cs1.O=C(O)c1cccnc1.S.S.S.S. The molecule has 6 heterocycles. The van der Waals surface area contributed by atoms with Gasteiger partial charge in [0.05, 0.1) is 71.3 Å². The maximum atomic E-state index is 12.9. The minimum Gasteiger partial charge on any atom is -0.480 e. The summed E-state index contributed by atoms with van der Waals surface area (Å²) in [6, 6.07) is 43.8. The molecule has 6 aromatic heterocycles. The van der Waals surface area contributed by atoms with E-state index in [1.165, 1.54) is 81.8 Å². The quantitative estimate of drug-likeness (QED) is 0.0212. The molecule has 0 fully saturated rings. The van der Waals surface area contributed by atoms with E-state index in [1.807, 2.05) is 168 Å². The smallest absolute Gasteiger partial charge is 0.408 e. The Bertz CT molecular complexity index is 4450. The number of carbonyl (C=O) groups is 8. The van der Waals surface area contributed by atoms with Crippen LogP contribution in [0.5, 0.6) is 0 Å².